The lowest BCUT2D eigenvalue weighted by atomic mass is 10.2. The molecule has 1 aromatic heterocycles. The summed E-state index contributed by atoms with van der Waals surface area (Å²) in [6.07, 6.45) is 3.27. The van der Waals surface area contributed by atoms with Gasteiger partial charge in [-0.25, -0.2) is 13.4 Å². The minimum Gasteiger partial charge on any atom is -0.367 e. The van der Waals surface area contributed by atoms with Gasteiger partial charge < -0.3 is 10.6 Å². The minimum absolute atomic E-state index is 0.169. The van der Waals surface area contributed by atoms with Crippen LogP contribution in [-0.2, 0) is 10.0 Å². The molecule has 0 aliphatic carbocycles. The first kappa shape index (κ1) is 20.6. The van der Waals surface area contributed by atoms with Crippen LogP contribution >= 0.6 is 0 Å². The first-order valence-electron chi connectivity index (χ1n) is 8.64. The van der Waals surface area contributed by atoms with Gasteiger partial charge in [-0.3, -0.25) is 4.79 Å². The smallest absolute Gasteiger partial charge is 0.255 e. The van der Waals surface area contributed by atoms with Gasteiger partial charge in [0.05, 0.1) is 16.8 Å². The zero-order chi connectivity index (χ0) is 19.9. The number of carbonyl (C=O) groups is 1. The molecule has 1 heterocycles. The fourth-order valence-electron chi connectivity index (χ4n) is 2.44. The lowest BCUT2D eigenvalue weighted by molar-refractivity contribution is 0.102. The van der Waals surface area contributed by atoms with Crippen molar-refractivity contribution >= 4 is 27.4 Å². The van der Waals surface area contributed by atoms with Crippen LogP contribution in [0.15, 0.2) is 60.1 Å². The summed E-state index contributed by atoms with van der Waals surface area (Å²) in [7, 11) is -3.54. The topological polar surface area (TPSA) is 91.4 Å². The van der Waals surface area contributed by atoms with E-state index in [4.69, 9.17) is 0 Å². The standard InChI is InChI=1S/C19H24N4O3S/c1-4-13-20-18-12-9-16(14-21-18)22-19(24)15-7-10-17(11-8-15)27(25,26)23(5-2)6-3/h4,7-12,14H,1,5-6,13H2,2-3H3,(H,20,21)(H,22,24). The third kappa shape index (κ3) is 5.15. The number of carbonyl (C=O) groups excluding carboxylic acids is 1. The van der Waals surface area contributed by atoms with E-state index in [9.17, 15) is 13.2 Å². The van der Waals surface area contributed by atoms with E-state index in [1.807, 2.05) is 0 Å². The summed E-state index contributed by atoms with van der Waals surface area (Å²) < 4.78 is 26.3. The van der Waals surface area contributed by atoms with Gasteiger partial charge in [-0.1, -0.05) is 19.9 Å². The molecule has 144 valence electrons. The number of benzene rings is 1. The molecule has 2 aromatic rings. The monoisotopic (exact) mass is 388 g/mol. The van der Waals surface area contributed by atoms with Crippen molar-refractivity contribution in [2.75, 3.05) is 30.3 Å². The predicted octanol–water partition coefficient (Wildman–Crippen LogP) is 2.96. The van der Waals surface area contributed by atoms with Gasteiger partial charge in [0.25, 0.3) is 5.91 Å². The second-order valence-corrected chi connectivity index (χ2v) is 7.61. The first-order chi connectivity index (χ1) is 12.9. The number of sulfonamides is 1. The number of nitrogens with zero attached hydrogens (tertiary/aromatic N) is 2. The van der Waals surface area contributed by atoms with Crippen LogP contribution in [0.4, 0.5) is 11.5 Å². The summed E-state index contributed by atoms with van der Waals surface area (Å²) in [4.78, 5) is 16.7. The Morgan fingerprint density at radius 1 is 1.15 bits per heavy atom. The normalized spacial score (nSPS) is 11.2. The molecule has 27 heavy (non-hydrogen) atoms. The SMILES string of the molecule is C=CCNc1ccc(NC(=O)c2ccc(S(=O)(=O)N(CC)CC)cc2)cn1. The van der Waals surface area contributed by atoms with E-state index < -0.39 is 10.0 Å². The van der Waals surface area contributed by atoms with Crippen molar-refractivity contribution in [3.8, 4) is 0 Å². The van der Waals surface area contributed by atoms with Crippen molar-refractivity contribution in [1.29, 1.82) is 0 Å². The van der Waals surface area contributed by atoms with Crippen LogP contribution in [0.1, 0.15) is 24.2 Å². The Labute approximate surface area is 160 Å². The average molecular weight is 388 g/mol. The van der Waals surface area contributed by atoms with Crippen LogP contribution in [-0.4, -0.2) is 43.2 Å². The maximum Gasteiger partial charge on any atom is 0.255 e. The lowest BCUT2D eigenvalue weighted by Crippen LogP contribution is -2.30. The summed E-state index contributed by atoms with van der Waals surface area (Å²) in [6.45, 7) is 8.58. The number of nitrogens with one attached hydrogen (secondary N) is 2. The first-order valence-corrected chi connectivity index (χ1v) is 10.1. The fourth-order valence-corrected chi connectivity index (χ4v) is 3.90. The molecule has 0 fully saturated rings. The zero-order valence-corrected chi connectivity index (χ0v) is 16.3. The van der Waals surface area contributed by atoms with Crippen LogP contribution in [0.5, 0.6) is 0 Å². The molecule has 0 saturated heterocycles. The van der Waals surface area contributed by atoms with Crippen LogP contribution < -0.4 is 10.6 Å². The van der Waals surface area contributed by atoms with Gasteiger partial charge in [0.15, 0.2) is 0 Å². The van der Waals surface area contributed by atoms with Crippen LogP contribution in [0.25, 0.3) is 0 Å². The molecule has 8 heteroatoms. The number of hydrogen-bond donors (Lipinski definition) is 2. The molecular weight excluding hydrogens is 364 g/mol. The quantitative estimate of drug-likeness (QED) is 0.645. The van der Waals surface area contributed by atoms with E-state index in [0.29, 0.717) is 36.7 Å². The van der Waals surface area contributed by atoms with Gasteiger partial charge in [-0.2, -0.15) is 4.31 Å². The minimum atomic E-state index is -3.54. The second kappa shape index (κ2) is 9.29. The maximum absolute atomic E-state index is 12.5. The highest BCUT2D eigenvalue weighted by molar-refractivity contribution is 7.89. The van der Waals surface area contributed by atoms with Gasteiger partial charge in [0.1, 0.15) is 5.82 Å². The Hall–Kier alpha value is -2.71. The van der Waals surface area contributed by atoms with Crippen molar-refractivity contribution < 1.29 is 13.2 Å². The van der Waals surface area contributed by atoms with Gasteiger partial charge in [0, 0.05) is 25.2 Å². The molecule has 0 aliphatic rings. The van der Waals surface area contributed by atoms with Gasteiger partial charge >= 0.3 is 0 Å². The lowest BCUT2D eigenvalue weighted by Gasteiger charge is -2.18. The molecule has 2 rings (SSSR count). The summed E-state index contributed by atoms with van der Waals surface area (Å²) in [6, 6.07) is 9.37. The summed E-state index contributed by atoms with van der Waals surface area (Å²) in [5, 5.41) is 5.78. The van der Waals surface area contributed by atoms with Crippen molar-refractivity contribution in [3.05, 3.63) is 60.8 Å². The van der Waals surface area contributed by atoms with Crippen molar-refractivity contribution in [2.24, 2.45) is 0 Å². The zero-order valence-electron chi connectivity index (χ0n) is 15.5. The van der Waals surface area contributed by atoms with E-state index in [-0.39, 0.29) is 10.8 Å². The Kier molecular flexibility index (Phi) is 7.09. The van der Waals surface area contributed by atoms with Gasteiger partial charge in [-0.05, 0) is 36.4 Å². The molecule has 7 nitrogen and oxygen atoms in total. The van der Waals surface area contributed by atoms with Gasteiger partial charge in [-0.15, -0.1) is 6.58 Å². The fraction of sp³-hybridized carbons (Fsp3) is 0.263. The Morgan fingerprint density at radius 2 is 1.81 bits per heavy atom. The van der Waals surface area contributed by atoms with Crippen LogP contribution in [0, 0.1) is 0 Å². The highest BCUT2D eigenvalue weighted by Crippen LogP contribution is 2.17. The Morgan fingerprint density at radius 3 is 2.33 bits per heavy atom. The highest BCUT2D eigenvalue weighted by Gasteiger charge is 2.21. The number of rotatable bonds is 9. The van der Waals surface area contributed by atoms with Crippen LogP contribution in [0.3, 0.4) is 0 Å². The van der Waals surface area contributed by atoms with E-state index in [0.717, 1.165) is 0 Å². The molecule has 1 amide bonds. The second-order valence-electron chi connectivity index (χ2n) is 5.67. The number of aromatic nitrogens is 1. The molecule has 2 N–H and O–H groups in total. The highest BCUT2D eigenvalue weighted by atomic mass is 32.2. The van der Waals surface area contributed by atoms with E-state index in [1.165, 1.54) is 28.6 Å². The van der Waals surface area contributed by atoms with Crippen LogP contribution in [0.2, 0.25) is 0 Å². The maximum atomic E-state index is 12.5. The Bertz CT molecular complexity index is 874. The molecule has 0 atom stereocenters. The third-order valence-corrected chi connectivity index (χ3v) is 5.97. The molecule has 0 radical (unpaired) electrons. The summed E-state index contributed by atoms with van der Waals surface area (Å²) in [5.74, 6) is 0.342. The summed E-state index contributed by atoms with van der Waals surface area (Å²) >= 11 is 0. The molecule has 0 unspecified atom stereocenters. The molecule has 0 spiro atoms. The predicted molar refractivity (Wildman–Crippen MR) is 107 cm³/mol. The van der Waals surface area contributed by atoms with Gasteiger partial charge in [0.2, 0.25) is 10.0 Å². The molecule has 0 saturated carbocycles. The number of pyridine rings is 1. The molecule has 1 aromatic carbocycles. The number of amides is 1. The molecule has 0 aliphatic heterocycles. The molecule has 0 bridgehead atoms. The van der Waals surface area contributed by atoms with E-state index in [2.05, 4.69) is 22.2 Å². The summed E-state index contributed by atoms with van der Waals surface area (Å²) in [5.41, 5.74) is 0.909. The van der Waals surface area contributed by atoms with Crippen molar-refractivity contribution in [3.63, 3.8) is 0 Å². The van der Waals surface area contributed by atoms with E-state index in [1.54, 1.807) is 38.3 Å². The number of anilines is 2. The molecular formula is C19H24N4O3S. The van der Waals surface area contributed by atoms with E-state index >= 15 is 0 Å². The average Bonchev–Trinajstić information content (AvgIpc) is 2.68. The third-order valence-electron chi connectivity index (χ3n) is 3.91. The number of hydrogen-bond acceptors (Lipinski definition) is 5. The van der Waals surface area contributed by atoms with Crippen molar-refractivity contribution in [2.45, 2.75) is 18.7 Å². The largest absolute Gasteiger partial charge is 0.367 e. The van der Waals surface area contributed by atoms with Crippen molar-refractivity contribution in [1.82, 2.24) is 9.29 Å². The Balaban J connectivity index is 2.08.